The maximum Gasteiger partial charge on any atom is 0.244 e. The van der Waals surface area contributed by atoms with Crippen molar-refractivity contribution in [2.75, 3.05) is 34.2 Å². The number of nitrogens with two attached hydrogens (primary N) is 1. The molecule has 3 N–H and O–H groups in total. The van der Waals surface area contributed by atoms with E-state index in [1.165, 1.54) is 10.5 Å². The summed E-state index contributed by atoms with van der Waals surface area (Å²) in [7, 11) is 1.99. The third-order valence-corrected chi connectivity index (χ3v) is 4.34. The molecule has 0 amide bonds. The number of H-pyrrole nitrogens is 1. The molecule has 0 spiro atoms. The van der Waals surface area contributed by atoms with E-state index < -0.39 is 10.0 Å². The van der Waals surface area contributed by atoms with E-state index in [1.807, 2.05) is 19.0 Å². The van der Waals surface area contributed by atoms with E-state index in [0.717, 1.165) is 0 Å². The molecule has 0 radical (unpaired) electrons. The minimum Gasteiger partial charge on any atom is -0.363 e. The zero-order chi connectivity index (χ0) is 13.1. The molecule has 17 heavy (non-hydrogen) atoms. The van der Waals surface area contributed by atoms with Gasteiger partial charge in [-0.3, -0.25) is 0 Å². The lowest BCUT2D eigenvalue weighted by Crippen LogP contribution is -2.33. The first-order valence-electron chi connectivity index (χ1n) is 5.36. The van der Waals surface area contributed by atoms with Crippen molar-refractivity contribution in [3.63, 3.8) is 0 Å². The highest BCUT2D eigenvalue weighted by molar-refractivity contribution is 7.89. The summed E-state index contributed by atoms with van der Waals surface area (Å²) in [6, 6.07) is 1.57. The fourth-order valence-corrected chi connectivity index (χ4v) is 2.51. The van der Waals surface area contributed by atoms with Crippen LogP contribution in [0.1, 0.15) is 5.69 Å². The Morgan fingerprint density at radius 1 is 1.29 bits per heavy atom. The summed E-state index contributed by atoms with van der Waals surface area (Å²) < 4.78 is 25.6. The van der Waals surface area contributed by atoms with Crippen LogP contribution in [-0.4, -0.2) is 56.8 Å². The van der Waals surface area contributed by atoms with Crippen LogP contribution in [0.25, 0.3) is 0 Å². The van der Waals surface area contributed by atoms with Gasteiger partial charge in [-0.1, -0.05) is 0 Å². The van der Waals surface area contributed by atoms with E-state index in [1.54, 1.807) is 13.1 Å². The molecule has 1 rings (SSSR count). The Morgan fingerprint density at radius 3 is 2.41 bits per heavy atom. The van der Waals surface area contributed by atoms with Crippen LogP contribution in [0, 0.1) is 0 Å². The molecule has 1 heterocycles. The number of likely N-dealkylation sites (N-methyl/N-ethyl adjacent to an activating group) is 2. The van der Waals surface area contributed by atoms with Gasteiger partial charge in [0, 0.05) is 38.6 Å². The van der Waals surface area contributed by atoms with Crippen LogP contribution < -0.4 is 5.73 Å². The van der Waals surface area contributed by atoms with Crippen LogP contribution in [0.15, 0.2) is 17.2 Å². The molecule has 0 aliphatic carbocycles. The van der Waals surface area contributed by atoms with Crippen LogP contribution in [0.5, 0.6) is 0 Å². The second kappa shape index (κ2) is 5.63. The van der Waals surface area contributed by atoms with Gasteiger partial charge in [0.2, 0.25) is 10.0 Å². The molecule has 0 bridgehead atoms. The summed E-state index contributed by atoms with van der Waals surface area (Å²) in [6.45, 7) is 1.44. The lowest BCUT2D eigenvalue weighted by molar-refractivity contribution is 0.358. The summed E-state index contributed by atoms with van der Waals surface area (Å²) in [6.07, 6.45) is 1.48. The van der Waals surface area contributed by atoms with E-state index in [2.05, 4.69) is 4.98 Å². The maximum atomic E-state index is 12.1. The SMILES string of the molecule is CN(C)CCN(C)S(=O)(=O)c1c[nH]c(CN)c1. The average molecular weight is 260 g/mol. The quantitative estimate of drug-likeness (QED) is 0.733. The van der Waals surface area contributed by atoms with Gasteiger partial charge in [0.15, 0.2) is 0 Å². The van der Waals surface area contributed by atoms with Crippen LogP contribution in [0.3, 0.4) is 0 Å². The van der Waals surface area contributed by atoms with Crippen LogP contribution in [-0.2, 0) is 16.6 Å². The Labute approximate surface area is 102 Å². The molecule has 0 aliphatic heterocycles. The lowest BCUT2D eigenvalue weighted by atomic mass is 10.4. The Bertz CT molecular complexity index is 453. The Balaban J connectivity index is 2.79. The molecule has 0 saturated carbocycles. The average Bonchev–Trinajstić information content (AvgIpc) is 2.74. The van der Waals surface area contributed by atoms with Gasteiger partial charge >= 0.3 is 0 Å². The second-order valence-electron chi connectivity index (χ2n) is 4.19. The number of nitrogens with one attached hydrogen (secondary N) is 1. The van der Waals surface area contributed by atoms with Crippen molar-refractivity contribution >= 4 is 10.0 Å². The molecule has 98 valence electrons. The second-order valence-corrected chi connectivity index (χ2v) is 6.24. The largest absolute Gasteiger partial charge is 0.363 e. The number of aromatic amines is 1. The molecule has 0 saturated heterocycles. The normalized spacial score (nSPS) is 12.6. The highest BCUT2D eigenvalue weighted by Gasteiger charge is 2.21. The molecule has 0 fully saturated rings. The monoisotopic (exact) mass is 260 g/mol. The lowest BCUT2D eigenvalue weighted by Gasteiger charge is -2.18. The number of nitrogens with zero attached hydrogens (tertiary/aromatic N) is 2. The number of aromatic nitrogens is 1. The van der Waals surface area contributed by atoms with Gasteiger partial charge in [-0.15, -0.1) is 0 Å². The molecule has 1 aromatic rings. The highest BCUT2D eigenvalue weighted by atomic mass is 32.2. The van der Waals surface area contributed by atoms with Gasteiger partial charge in [-0.25, -0.2) is 8.42 Å². The third kappa shape index (κ3) is 3.53. The predicted molar refractivity (Wildman–Crippen MR) is 67.1 cm³/mol. The zero-order valence-corrected chi connectivity index (χ0v) is 11.3. The van der Waals surface area contributed by atoms with Crippen molar-refractivity contribution in [2.45, 2.75) is 11.4 Å². The van der Waals surface area contributed by atoms with Gasteiger partial charge in [0.25, 0.3) is 0 Å². The third-order valence-electron chi connectivity index (χ3n) is 2.51. The van der Waals surface area contributed by atoms with E-state index in [4.69, 9.17) is 5.73 Å². The minimum atomic E-state index is -3.40. The summed E-state index contributed by atoms with van der Waals surface area (Å²) >= 11 is 0. The van der Waals surface area contributed by atoms with Crippen LogP contribution >= 0.6 is 0 Å². The molecule has 0 aromatic carbocycles. The smallest absolute Gasteiger partial charge is 0.244 e. The van der Waals surface area contributed by atoms with Gasteiger partial charge < -0.3 is 15.6 Å². The first-order valence-corrected chi connectivity index (χ1v) is 6.80. The molecule has 7 heteroatoms. The Kier molecular flexibility index (Phi) is 4.70. The Morgan fingerprint density at radius 2 is 1.94 bits per heavy atom. The van der Waals surface area contributed by atoms with Crippen molar-refractivity contribution < 1.29 is 8.42 Å². The van der Waals surface area contributed by atoms with Crippen LogP contribution in [0.2, 0.25) is 0 Å². The van der Waals surface area contributed by atoms with E-state index >= 15 is 0 Å². The molecular weight excluding hydrogens is 240 g/mol. The molecular formula is C10H20N4O2S. The molecule has 0 unspecified atom stereocenters. The summed E-state index contributed by atoms with van der Waals surface area (Å²) in [5.74, 6) is 0. The fourth-order valence-electron chi connectivity index (χ4n) is 1.33. The highest BCUT2D eigenvalue weighted by Crippen LogP contribution is 2.14. The van der Waals surface area contributed by atoms with Crippen molar-refractivity contribution in [3.8, 4) is 0 Å². The van der Waals surface area contributed by atoms with E-state index in [9.17, 15) is 8.42 Å². The zero-order valence-electron chi connectivity index (χ0n) is 10.5. The number of rotatable bonds is 6. The minimum absolute atomic E-state index is 0.263. The van der Waals surface area contributed by atoms with Crippen molar-refractivity contribution in [1.29, 1.82) is 0 Å². The van der Waals surface area contributed by atoms with E-state index in [0.29, 0.717) is 25.3 Å². The molecule has 0 aliphatic rings. The standard InChI is InChI=1S/C10H20N4O2S/c1-13(2)4-5-14(3)17(15,16)10-6-9(7-11)12-8-10/h6,8,12H,4-5,7,11H2,1-3H3. The Hall–Kier alpha value is -0.890. The predicted octanol–water partition coefficient (Wildman–Crippen LogP) is -0.344. The number of hydrogen-bond acceptors (Lipinski definition) is 4. The molecule has 6 nitrogen and oxygen atoms in total. The first kappa shape index (κ1) is 14.2. The number of sulfonamides is 1. The van der Waals surface area contributed by atoms with Crippen molar-refractivity contribution in [3.05, 3.63) is 18.0 Å². The maximum absolute atomic E-state index is 12.1. The van der Waals surface area contributed by atoms with Gasteiger partial charge in [0.05, 0.1) is 4.90 Å². The molecule has 1 aromatic heterocycles. The van der Waals surface area contributed by atoms with Crippen molar-refractivity contribution in [2.24, 2.45) is 5.73 Å². The van der Waals surface area contributed by atoms with Gasteiger partial charge in [-0.05, 0) is 20.2 Å². The fraction of sp³-hybridized carbons (Fsp3) is 0.600. The van der Waals surface area contributed by atoms with Gasteiger partial charge in [0.1, 0.15) is 0 Å². The van der Waals surface area contributed by atoms with E-state index in [-0.39, 0.29) is 4.90 Å². The topological polar surface area (TPSA) is 82.4 Å². The summed E-state index contributed by atoms with van der Waals surface area (Å²) in [5.41, 5.74) is 6.15. The van der Waals surface area contributed by atoms with Crippen molar-refractivity contribution in [1.82, 2.24) is 14.2 Å². The molecule has 0 atom stereocenters. The summed E-state index contributed by atoms with van der Waals surface area (Å²) in [5, 5.41) is 0. The van der Waals surface area contributed by atoms with Crippen LogP contribution in [0.4, 0.5) is 0 Å². The first-order chi connectivity index (χ1) is 7.87. The number of hydrogen-bond donors (Lipinski definition) is 2. The van der Waals surface area contributed by atoms with Gasteiger partial charge in [-0.2, -0.15) is 4.31 Å². The summed E-state index contributed by atoms with van der Waals surface area (Å²) in [4.78, 5) is 5.04.